The minimum atomic E-state index is -2.86. The Hall–Kier alpha value is -3.87. The number of halogens is 2. The molecule has 1 amide bonds. The van der Waals surface area contributed by atoms with Gasteiger partial charge < -0.3 is 36.6 Å². The van der Waals surface area contributed by atoms with Crippen LogP contribution in [-0.4, -0.2) is 67.2 Å². The summed E-state index contributed by atoms with van der Waals surface area (Å²) in [5.74, 6) is 0.250. The second-order valence-corrected chi connectivity index (χ2v) is 10.4. The van der Waals surface area contributed by atoms with Crippen molar-refractivity contribution in [1.29, 1.82) is 0 Å². The van der Waals surface area contributed by atoms with E-state index < -0.39 is 17.6 Å². The third-order valence-corrected chi connectivity index (χ3v) is 7.71. The maximum absolute atomic E-state index is 14.8. The Balaban J connectivity index is 1.33. The van der Waals surface area contributed by atoms with Crippen LogP contribution in [0.2, 0.25) is 0 Å². The number of hydrogen-bond acceptors (Lipinski definition) is 9. The fourth-order valence-electron chi connectivity index (χ4n) is 5.27. The molecule has 2 aromatic carbocycles. The van der Waals surface area contributed by atoms with E-state index >= 15 is 0 Å². The van der Waals surface area contributed by atoms with Crippen molar-refractivity contribution in [2.75, 3.05) is 60.2 Å². The normalized spacial score (nSPS) is 19.4. The van der Waals surface area contributed by atoms with Gasteiger partial charge in [-0.15, -0.1) is 0 Å². The number of carbonyl (C=O) groups is 1. The first kappa shape index (κ1) is 26.4. The molecule has 6 rings (SSSR count). The first-order chi connectivity index (χ1) is 19.4. The number of nitrogens with zero attached hydrogens (tertiary/aromatic N) is 3. The summed E-state index contributed by atoms with van der Waals surface area (Å²) in [5.41, 5.74) is 6.31. The van der Waals surface area contributed by atoms with Gasteiger partial charge in [0.05, 0.1) is 35.8 Å². The van der Waals surface area contributed by atoms with Crippen LogP contribution in [0.4, 0.5) is 31.7 Å². The van der Waals surface area contributed by atoms with Crippen molar-refractivity contribution < 1.29 is 18.3 Å². The zero-order valence-corrected chi connectivity index (χ0v) is 21.9. The zero-order valence-electron chi connectivity index (χ0n) is 21.9. The molecule has 0 aliphatic carbocycles. The van der Waals surface area contributed by atoms with Crippen LogP contribution >= 0.6 is 0 Å². The van der Waals surface area contributed by atoms with Crippen molar-refractivity contribution in [3.63, 3.8) is 0 Å². The summed E-state index contributed by atoms with van der Waals surface area (Å²) in [5, 5.41) is 12.0. The van der Waals surface area contributed by atoms with E-state index in [1.54, 1.807) is 54.6 Å². The van der Waals surface area contributed by atoms with Crippen LogP contribution in [0.25, 0.3) is 11.3 Å². The average Bonchev–Trinajstić information content (AvgIpc) is 3.40. The number of nitrogens with two attached hydrogens (primary N) is 1. The first-order valence-electron chi connectivity index (χ1n) is 13.4. The summed E-state index contributed by atoms with van der Waals surface area (Å²) in [6.07, 6.45) is -1.74. The molecular weight excluding hydrogens is 518 g/mol. The highest BCUT2D eigenvalue weighted by Gasteiger charge is 2.49. The zero-order chi connectivity index (χ0) is 27.7. The summed E-state index contributed by atoms with van der Waals surface area (Å²) >= 11 is 0. The number of hydrogen-bond donors (Lipinski definition) is 5. The molecule has 2 saturated heterocycles. The van der Waals surface area contributed by atoms with Crippen LogP contribution in [0.5, 0.6) is 0 Å². The Morgan fingerprint density at radius 1 is 1.00 bits per heavy atom. The maximum Gasteiger partial charge on any atom is 0.286 e. The summed E-state index contributed by atoms with van der Waals surface area (Å²) in [6, 6.07) is 16.0. The number of anilines is 4. The van der Waals surface area contributed by atoms with Crippen LogP contribution in [-0.2, 0) is 15.2 Å². The van der Waals surface area contributed by atoms with Gasteiger partial charge in [0.2, 0.25) is 11.6 Å². The molecule has 2 fully saturated rings. The second-order valence-electron chi connectivity index (χ2n) is 10.4. The molecule has 4 heterocycles. The lowest BCUT2D eigenvalue weighted by Crippen LogP contribution is -2.56. The monoisotopic (exact) mass is 550 g/mol. The molecule has 0 radical (unpaired) electrons. The molecule has 40 heavy (non-hydrogen) atoms. The number of amides is 1. The van der Waals surface area contributed by atoms with Crippen molar-refractivity contribution >= 4 is 28.8 Å². The highest BCUT2D eigenvalue weighted by molar-refractivity contribution is 5.98. The van der Waals surface area contributed by atoms with Gasteiger partial charge in [0.1, 0.15) is 5.82 Å². The highest BCUT2D eigenvalue weighted by Crippen LogP contribution is 2.42. The van der Waals surface area contributed by atoms with E-state index in [1.165, 1.54) is 0 Å². The van der Waals surface area contributed by atoms with Crippen LogP contribution in [0.1, 0.15) is 18.7 Å². The summed E-state index contributed by atoms with van der Waals surface area (Å²) in [7, 11) is 0. The van der Waals surface area contributed by atoms with Crippen LogP contribution < -0.4 is 31.9 Å². The minimum Gasteiger partial charge on any atom is -0.378 e. The number of alkyl halides is 2. The number of benzene rings is 2. The molecule has 0 unspecified atom stereocenters. The van der Waals surface area contributed by atoms with Crippen molar-refractivity contribution in [2.45, 2.75) is 30.5 Å². The number of nitrogens with one attached hydrogen (secondary N) is 4. The Kier molecular flexibility index (Phi) is 6.99. The van der Waals surface area contributed by atoms with Crippen molar-refractivity contribution in [3.05, 3.63) is 60.4 Å². The SMILES string of the molecule is NC1(C(=O)Nc2ccc(-c3cc(N4CCOCC4)nc(C4(C(F)F)Nc5ccccc5N4)n3)cc2)CCNCC1. The smallest absolute Gasteiger partial charge is 0.286 e. The first-order valence-corrected chi connectivity index (χ1v) is 13.4. The van der Waals surface area contributed by atoms with E-state index in [9.17, 15) is 13.6 Å². The van der Waals surface area contributed by atoms with Crippen molar-refractivity contribution in [2.24, 2.45) is 5.73 Å². The number of ether oxygens (including phenoxy) is 1. The largest absolute Gasteiger partial charge is 0.378 e. The fourth-order valence-corrected chi connectivity index (χ4v) is 5.27. The number of carbonyl (C=O) groups excluding carboxylic acids is 1. The average molecular weight is 551 g/mol. The number of aromatic nitrogens is 2. The Morgan fingerprint density at radius 2 is 1.65 bits per heavy atom. The van der Waals surface area contributed by atoms with Gasteiger partial charge >= 0.3 is 0 Å². The van der Waals surface area contributed by atoms with Gasteiger partial charge in [-0.1, -0.05) is 24.3 Å². The molecule has 6 N–H and O–H groups in total. The number of piperidine rings is 1. The quantitative estimate of drug-likeness (QED) is 0.315. The van der Waals surface area contributed by atoms with Gasteiger partial charge in [-0.2, -0.15) is 0 Å². The summed E-state index contributed by atoms with van der Waals surface area (Å²) < 4.78 is 35.1. The third-order valence-electron chi connectivity index (χ3n) is 7.71. The molecule has 0 spiro atoms. The maximum atomic E-state index is 14.8. The molecular formula is C28H32F2N8O2. The molecule has 210 valence electrons. The predicted octanol–water partition coefficient (Wildman–Crippen LogP) is 2.96. The molecule has 10 nitrogen and oxygen atoms in total. The van der Waals surface area contributed by atoms with Crippen molar-refractivity contribution in [3.8, 4) is 11.3 Å². The van der Waals surface area contributed by atoms with E-state index in [4.69, 9.17) is 10.5 Å². The van der Waals surface area contributed by atoms with Crippen molar-refractivity contribution in [1.82, 2.24) is 15.3 Å². The van der Waals surface area contributed by atoms with E-state index in [-0.39, 0.29) is 11.7 Å². The van der Waals surface area contributed by atoms with E-state index in [1.807, 2.05) is 4.90 Å². The summed E-state index contributed by atoms with van der Waals surface area (Å²) in [6.45, 7) is 3.59. The molecule has 1 aromatic heterocycles. The molecule has 3 aromatic rings. The van der Waals surface area contributed by atoms with E-state index in [0.717, 1.165) is 0 Å². The topological polar surface area (TPSA) is 129 Å². The second kappa shape index (κ2) is 10.6. The van der Waals surface area contributed by atoms with Gasteiger partial charge in [0.15, 0.2) is 5.82 Å². The number of fused-ring (bicyclic) bond motifs is 1. The predicted molar refractivity (Wildman–Crippen MR) is 150 cm³/mol. The van der Waals surface area contributed by atoms with Gasteiger partial charge in [-0.25, -0.2) is 18.7 Å². The molecule has 0 atom stereocenters. The molecule has 3 aliphatic heterocycles. The Labute approximate surface area is 230 Å². The Morgan fingerprint density at radius 3 is 2.27 bits per heavy atom. The van der Waals surface area contributed by atoms with E-state index in [0.29, 0.717) is 86.4 Å². The Bertz CT molecular complexity index is 1350. The van der Waals surface area contributed by atoms with Crippen LogP contribution in [0.15, 0.2) is 54.6 Å². The van der Waals surface area contributed by atoms with Crippen LogP contribution in [0.3, 0.4) is 0 Å². The van der Waals surface area contributed by atoms with Gasteiger partial charge in [-0.3, -0.25) is 4.79 Å². The highest BCUT2D eigenvalue weighted by atomic mass is 19.3. The molecule has 0 bridgehead atoms. The van der Waals surface area contributed by atoms with Crippen LogP contribution in [0, 0.1) is 0 Å². The van der Waals surface area contributed by atoms with Gasteiger partial charge in [0, 0.05) is 30.4 Å². The lowest BCUT2D eigenvalue weighted by Gasteiger charge is -2.32. The summed E-state index contributed by atoms with van der Waals surface area (Å²) in [4.78, 5) is 24.2. The molecule has 0 saturated carbocycles. The molecule has 12 heteroatoms. The number of morpholine rings is 1. The van der Waals surface area contributed by atoms with E-state index in [2.05, 4.69) is 31.2 Å². The number of rotatable bonds is 6. The third kappa shape index (κ3) is 4.93. The fraction of sp³-hybridized carbons (Fsp3) is 0.393. The number of para-hydroxylation sites is 2. The standard InChI is InChI=1S/C28H32F2N8O2/c29-24(30)28(36-20-3-1-2-4-21(20)37-28)25-34-22(17-23(35-25)38-13-15-40-16-14-38)18-5-7-19(8-6-18)33-26(39)27(31)9-11-32-12-10-27/h1-8,17,24,32,36-37H,9-16,31H2,(H,33,39). The lowest BCUT2D eigenvalue weighted by molar-refractivity contribution is -0.122. The lowest BCUT2D eigenvalue weighted by atomic mass is 9.88. The molecule has 3 aliphatic rings. The minimum absolute atomic E-state index is 0.0638. The van der Waals surface area contributed by atoms with Gasteiger partial charge in [-0.05, 0) is 50.2 Å². The van der Waals surface area contributed by atoms with Gasteiger partial charge in [0.25, 0.3) is 6.43 Å².